The van der Waals surface area contributed by atoms with E-state index in [1.807, 2.05) is 0 Å². The molecule has 0 spiro atoms. The summed E-state index contributed by atoms with van der Waals surface area (Å²) in [5, 5.41) is 40.0. The average Bonchev–Trinajstić information content (AvgIpc) is 3.20. The van der Waals surface area contributed by atoms with Gasteiger partial charge in [-0.25, -0.2) is 9.59 Å². The van der Waals surface area contributed by atoms with Gasteiger partial charge < -0.3 is 44.3 Å². The van der Waals surface area contributed by atoms with Crippen LogP contribution in [0.4, 0.5) is 0 Å². The molecule has 2 bridgehead atoms. The Morgan fingerprint density at radius 1 is 0.917 bits per heavy atom. The molecule has 2 saturated carbocycles. The average molecular weight is 832 g/mol. The number of carbonyl (C=O) groups is 6. The van der Waals surface area contributed by atoms with Crippen LogP contribution in [0.25, 0.3) is 0 Å². The molecule has 0 unspecified atom stereocenters. The van der Waals surface area contributed by atoms with E-state index in [2.05, 4.69) is 5.32 Å². The standard InChI is InChI=1S/C45H53NO14/c1-9-23(2)39(52)46-33(27-16-12-10-13-17-27)34(50)41(54)58-29-21-45(55)38(59-40(53)28-18-14-11-15-19-28)36-43(8,30(49)20-31-44(36,22-56-31)60-26(5)48)37(51)35(57-25(4)47)32(24(29)3)42(45,6)7/h9-19,29-31,33-36,38,49-50,55H,20-22H2,1-8H3,(H,46,52)/b23-9+/t29-,30-,31+,33-,34-,35+,36-,38-,43+,44-,45+/m0/s1. The molecular weight excluding hydrogens is 778 g/mol. The fourth-order valence-corrected chi connectivity index (χ4v) is 9.75. The van der Waals surface area contributed by atoms with Gasteiger partial charge in [0.1, 0.15) is 23.9 Å². The zero-order valence-electron chi connectivity index (χ0n) is 34.9. The molecule has 0 radical (unpaired) electrons. The van der Waals surface area contributed by atoms with E-state index >= 15 is 4.79 Å². The Hall–Kier alpha value is -5.22. The van der Waals surface area contributed by atoms with Crippen molar-refractivity contribution in [2.75, 3.05) is 6.61 Å². The summed E-state index contributed by atoms with van der Waals surface area (Å²) in [6.45, 7) is 11.2. The minimum Gasteiger partial charge on any atom is -0.456 e. The minimum absolute atomic E-state index is 0.00140. The second kappa shape index (κ2) is 16.3. The van der Waals surface area contributed by atoms with E-state index in [-0.39, 0.29) is 29.7 Å². The maximum atomic E-state index is 15.4. The first-order valence-corrected chi connectivity index (χ1v) is 19.9. The molecule has 4 N–H and O–H groups in total. The van der Waals surface area contributed by atoms with Crippen LogP contribution >= 0.6 is 0 Å². The minimum atomic E-state index is -2.38. The van der Waals surface area contributed by atoms with Crippen LogP contribution < -0.4 is 5.32 Å². The molecule has 0 aromatic heterocycles. The lowest BCUT2D eigenvalue weighted by Crippen LogP contribution is -2.82. The molecule has 6 rings (SSSR count). The molecule has 15 nitrogen and oxygen atoms in total. The zero-order chi connectivity index (χ0) is 44.1. The molecule has 15 heteroatoms. The van der Waals surface area contributed by atoms with Crippen LogP contribution in [0.1, 0.15) is 90.2 Å². The SMILES string of the molecule is C/C=C(\C)C(=O)N[C@@H](c1ccccc1)[C@H](O)C(=O)O[C@H]1C[C@@]2(O)[C@@H](OC(=O)c3ccccc3)[C@@H]3[C@]4(OC(C)=O)CO[C@@H]4C[C@H](O)[C@@]3(C)C(=O)[C@H](OC(C)=O)C(=C1C)C2(C)C. The molecular formula is C45H53NO14. The lowest BCUT2D eigenvalue weighted by atomic mass is 9.44. The maximum absolute atomic E-state index is 15.4. The number of nitrogens with one attached hydrogen (secondary N) is 1. The molecule has 2 aromatic rings. The summed E-state index contributed by atoms with van der Waals surface area (Å²) in [5.41, 5.74) is -6.91. The van der Waals surface area contributed by atoms with Gasteiger partial charge in [0.15, 0.2) is 23.6 Å². The molecule has 3 aliphatic carbocycles. The van der Waals surface area contributed by atoms with E-state index in [4.69, 9.17) is 23.7 Å². The smallest absolute Gasteiger partial charge is 0.338 e. The summed E-state index contributed by atoms with van der Waals surface area (Å²) in [4.78, 5) is 82.9. The second-order valence-electron chi connectivity index (χ2n) is 17.0. The number of rotatable bonds is 10. The van der Waals surface area contributed by atoms with E-state index in [0.29, 0.717) is 11.1 Å². The Morgan fingerprint density at radius 3 is 2.08 bits per heavy atom. The van der Waals surface area contributed by atoms with Crippen molar-refractivity contribution in [2.24, 2.45) is 16.7 Å². The largest absolute Gasteiger partial charge is 0.456 e. The van der Waals surface area contributed by atoms with Crippen molar-refractivity contribution >= 4 is 35.6 Å². The number of benzene rings is 2. The predicted molar refractivity (Wildman–Crippen MR) is 211 cm³/mol. The third kappa shape index (κ3) is 7.24. The Kier molecular flexibility index (Phi) is 12.1. The van der Waals surface area contributed by atoms with Crippen molar-refractivity contribution in [1.82, 2.24) is 5.32 Å². The first kappa shape index (κ1) is 44.3. The van der Waals surface area contributed by atoms with Gasteiger partial charge in [-0.3, -0.25) is 19.2 Å². The van der Waals surface area contributed by atoms with E-state index in [1.54, 1.807) is 82.3 Å². The first-order chi connectivity index (χ1) is 28.1. The number of allylic oxidation sites excluding steroid dienone is 1. The molecule has 1 aliphatic heterocycles. The summed E-state index contributed by atoms with van der Waals surface area (Å²) in [7, 11) is 0. The topological polar surface area (TPSA) is 221 Å². The highest BCUT2D eigenvalue weighted by atomic mass is 16.6. The predicted octanol–water partition coefficient (Wildman–Crippen LogP) is 3.39. The third-order valence-corrected chi connectivity index (χ3v) is 13.2. The van der Waals surface area contributed by atoms with Crippen molar-refractivity contribution in [2.45, 2.75) is 122 Å². The lowest BCUT2D eigenvalue weighted by Gasteiger charge is -2.67. The Labute approximate surface area is 348 Å². The van der Waals surface area contributed by atoms with Gasteiger partial charge in [0, 0.05) is 37.7 Å². The first-order valence-electron chi connectivity index (χ1n) is 19.9. The Bertz CT molecular complexity index is 2110. The van der Waals surface area contributed by atoms with Crippen LogP contribution in [-0.4, -0.2) is 105 Å². The molecule has 11 atom stereocenters. The molecule has 1 saturated heterocycles. The van der Waals surface area contributed by atoms with Crippen molar-refractivity contribution in [1.29, 1.82) is 0 Å². The van der Waals surface area contributed by atoms with Crippen LogP contribution in [0, 0.1) is 16.7 Å². The monoisotopic (exact) mass is 831 g/mol. The van der Waals surface area contributed by atoms with E-state index in [9.17, 15) is 39.3 Å². The Balaban J connectivity index is 1.56. The summed E-state index contributed by atoms with van der Waals surface area (Å²) in [6, 6.07) is 14.8. The van der Waals surface area contributed by atoms with E-state index in [0.717, 1.165) is 13.8 Å². The fourth-order valence-electron chi connectivity index (χ4n) is 9.75. The number of carbonyl (C=O) groups excluding carboxylic acids is 6. The molecule has 322 valence electrons. The van der Waals surface area contributed by atoms with E-state index in [1.165, 1.54) is 26.0 Å². The summed E-state index contributed by atoms with van der Waals surface area (Å²) >= 11 is 0. The normalized spacial score (nSPS) is 32.9. The van der Waals surface area contributed by atoms with Crippen LogP contribution in [0.3, 0.4) is 0 Å². The number of ether oxygens (including phenoxy) is 5. The number of hydrogen-bond donors (Lipinski definition) is 4. The van der Waals surface area contributed by atoms with Gasteiger partial charge in [-0.2, -0.15) is 0 Å². The van der Waals surface area contributed by atoms with Gasteiger partial charge in [-0.1, -0.05) is 68.5 Å². The van der Waals surface area contributed by atoms with Gasteiger partial charge in [-0.15, -0.1) is 0 Å². The van der Waals surface area contributed by atoms with Gasteiger partial charge >= 0.3 is 23.9 Å². The number of esters is 4. The molecule has 4 aliphatic rings. The van der Waals surface area contributed by atoms with Crippen molar-refractivity contribution < 1.29 is 67.8 Å². The van der Waals surface area contributed by atoms with Crippen LogP contribution in [0.5, 0.6) is 0 Å². The zero-order valence-corrected chi connectivity index (χ0v) is 34.9. The summed E-state index contributed by atoms with van der Waals surface area (Å²) < 4.78 is 30.2. The highest BCUT2D eigenvalue weighted by Crippen LogP contribution is 2.64. The second-order valence-corrected chi connectivity index (χ2v) is 17.0. The Morgan fingerprint density at radius 2 is 1.53 bits per heavy atom. The molecule has 3 fully saturated rings. The number of ketones is 1. The third-order valence-electron chi connectivity index (χ3n) is 13.2. The van der Waals surface area contributed by atoms with Crippen LogP contribution in [0.2, 0.25) is 0 Å². The lowest BCUT2D eigenvalue weighted by molar-refractivity contribution is -0.346. The van der Waals surface area contributed by atoms with Gasteiger partial charge in [-0.05, 0) is 56.5 Å². The molecule has 60 heavy (non-hydrogen) atoms. The fraction of sp³-hybridized carbons (Fsp3) is 0.511. The summed E-state index contributed by atoms with van der Waals surface area (Å²) in [5.74, 6) is -6.78. The van der Waals surface area contributed by atoms with Gasteiger partial charge in [0.25, 0.3) is 0 Å². The molecule has 1 heterocycles. The van der Waals surface area contributed by atoms with Crippen molar-refractivity contribution in [3.8, 4) is 0 Å². The molecule has 2 aromatic carbocycles. The van der Waals surface area contributed by atoms with Gasteiger partial charge in [0.2, 0.25) is 5.91 Å². The van der Waals surface area contributed by atoms with Crippen LogP contribution in [-0.2, 0) is 47.7 Å². The number of aliphatic hydroxyl groups excluding tert-OH is 2. The van der Waals surface area contributed by atoms with Gasteiger partial charge in [0.05, 0.1) is 35.6 Å². The highest BCUT2D eigenvalue weighted by Gasteiger charge is 2.78. The van der Waals surface area contributed by atoms with Crippen molar-refractivity contribution in [3.63, 3.8) is 0 Å². The number of amides is 1. The number of hydrogen-bond acceptors (Lipinski definition) is 14. The maximum Gasteiger partial charge on any atom is 0.338 e. The quantitative estimate of drug-likeness (QED) is 0.117. The molecule has 1 amide bonds. The van der Waals surface area contributed by atoms with Crippen molar-refractivity contribution in [3.05, 3.63) is 94.6 Å². The number of Topliss-reactive ketones (excluding diaryl/α,β-unsaturated/α-hetero) is 1. The van der Waals surface area contributed by atoms with E-state index < -0.39 is 113 Å². The number of fused-ring (bicyclic) bond motifs is 5. The van der Waals surface area contributed by atoms with Crippen LogP contribution in [0.15, 0.2) is 83.5 Å². The summed E-state index contributed by atoms with van der Waals surface area (Å²) in [6.07, 6.45) is -8.88. The number of aliphatic hydroxyl groups is 3. The highest BCUT2D eigenvalue weighted by molar-refractivity contribution is 5.96.